The number of carbonyl (C=O) groups excluding carboxylic acids is 1. The molecule has 3 aliphatic heterocycles. The summed E-state index contributed by atoms with van der Waals surface area (Å²) in [6.07, 6.45) is -19.6. The average Bonchev–Trinajstić information content (AvgIpc) is 3.27. The third kappa shape index (κ3) is 6.49. The molecule has 19 heteroatoms. The van der Waals surface area contributed by atoms with Crippen LogP contribution in [0.5, 0.6) is 0 Å². The zero-order valence-electron chi connectivity index (χ0n) is 22.6. The van der Waals surface area contributed by atoms with Gasteiger partial charge in [0, 0.05) is 18.6 Å². The zero-order chi connectivity index (χ0) is 31.0. The molecule has 17 N–H and O–H groups in total. The van der Waals surface area contributed by atoms with Gasteiger partial charge in [-0.2, -0.15) is 0 Å². The molecule has 4 aliphatic rings. The Labute approximate surface area is 240 Å². The molecular formula is C23H43N5O14. The molecule has 18 atom stereocenters. The van der Waals surface area contributed by atoms with Gasteiger partial charge in [0.15, 0.2) is 24.7 Å². The molecule has 4 rings (SSSR count). The minimum Gasteiger partial charge on any atom is -0.394 e. The van der Waals surface area contributed by atoms with Crippen LogP contribution in [0.25, 0.3) is 0 Å². The molecule has 0 aromatic carbocycles. The van der Waals surface area contributed by atoms with E-state index in [0.29, 0.717) is 0 Å². The Hall–Kier alpha value is -1.05. The first-order valence-electron chi connectivity index (χ1n) is 13.6. The molecule has 42 heavy (non-hydrogen) atoms. The first-order valence-corrected chi connectivity index (χ1v) is 13.6. The molecule has 0 bridgehead atoms. The second-order valence-corrected chi connectivity index (χ2v) is 11.0. The molecule has 0 radical (unpaired) electrons. The van der Waals surface area contributed by atoms with Crippen molar-refractivity contribution in [2.75, 3.05) is 19.8 Å². The van der Waals surface area contributed by atoms with Crippen LogP contribution in [0.3, 0.4) is 0 Å². The summed E-state index contributed by atoms with van der Waals surface area (Å²) in [5, 5.41) is 72.0. The number of rotatable bonds is 9. The number of hydrogen-bond donors (Lipinski definition) is 12. The lowest BCUT2D eigenvalue weighted by Gasteiger charge is -2.46. The summed E-state index contributed by atoms with van der Waals surface area (Å²) in [6.45, 7) is -1.60. The van der Waals surface area contributed by atoms with Crippen molar-refractivity contribution >= 4 is 5.78 Å². The molecule has 0 aromatic rings. The molecule has 0 amide bonds. The highest BCUT2D eigenvalue weighted by Crippen LogP contribution is 2.34. The number of aliphatic hydroxyl groups excluding tert-OH is 7. The van der Waals surface area contributed by atoms with Crippen LogP contribution in [0.2, 0.25) is 0 Å². The summed E-state index contributed by atoms with van der Waals surface area (Å²) in [5.74, 6) is -0.835. The number of nitrogens with two attached hydrogens (primary N) is 5. The minimum atomic E-state index is -1.72. The normalized spacial score (nSPS) is 52.0. The van der Waals surface area contributed by atoms with E-state index in [0.717, 1.165) is 0 Å². The van der Waals surface area contributed by atoms with Crippen LogP contribution in [0.15, 0.2) is 0 Å². The Balaban J connectivity index is 1.50. The monoisotopic (exact) mass is 613 g/mol. The fourth-order valence-electron chi connectivity index (χ4n) is 5.58. The van der Waals surface area contributed by atoms with Crippen molar-refractivity contribution in [3.8, 4) is 0 Å². The van der Waals surface area contributed by atoms with Crippen LogP contribution in [0.4, 0.5) is 0 Å². The van der Waals surface area contributed by atoms with Crippen molar-refractivity contribution < 1.29 is 69.0 Å². The fourth-order valence-corrected chi connectivity index (χ4v) is 5.58. The maximum Gasteiger partial charge on any atom is 0.194 e. The van der Waals surface area contributed by atoms with Crippen LogP contribution in [0, 0.1) is 0 Å². The molecule has 3 saturated heterocycles. The molecular weight excluding hydrogens is 570 g/mol. The maximum atomic E-state index is 12.1. The average molecular weight is 614 g/mol. The lowest BCUT2D eigenvalue weighted by molar-refractivity contribution is -0.291. The largest absolute Gasteiger partial charge is 0.394 e. The second kappa shape index (κ2) is 13.9. The van der Waals surface area contributed by atoms with Crippen molar-refractivity contribution in [3.05, 3.63) is 0 Å². The van der Waals surface area contributed by atoms with E-state index in [2.05, 4.69) is 0 Å². The van der Waals surface area contributed by atoms with Gasteiger partial charge in [-0.05, 0) is 6.42 Å². The van der Waals surface area contributed by atoms with E-state index in [1.807, 2.05) is 0 Å². The Kier molecular flexibility index (Phi) is 11.2. The number of ether oxygens (including phenoxy) is 6. The van der Waals surface area contributed by atoms with Crippen LogP contribution >= 0.6 is 0 Å². The summed E-state index contributed by atoms with van der Waals surface area (Å²) >= 11 is 0. The summed E-state index contributed by atoms with van der Waals surface area (Å²) in [6, 6.07) is -4.44. The smallest absolute Gasteiger partial charge is 0.194 e. The van der Waals surface area contributed by atoms with Gasteiger partial charge < -0.3 is 92.8 Å². The Morgan fingerprint density at radius 1 is 0.667 bits per heavy atom. The van der Waals surface area contributed by atoms with Crippen LogP contribution in [-0.4, -0.2) is 171 Å². The number of aliphatic hydroxyl groups is 7. The number of Topliss-reactive ketones (excluding diaryl/α,β-unsaturated/α-hetero) is 1. The molecule has 0 unspecified atom stereocenters. The standard InChI is InChI=1S/C23H43N5O14/c24-2-7-13(32)15(34)10(27)21(37-7)41-19-9(4-30)39-23(17(19)36)42-20-12(31)5(25)1-6(26)18(20)40-22-11(28)16(35)14(33)8(3-29)38-22/h5-13,15-23,29-32,34-36H,1-4,24-28H2/t5-,6+,7+,8-,9-,10-,11-,12+,13-,15-,16-,17-,18-,19-,20-,21-,22-,23+/m1/s1. The van der Waals surface area contributed by atoms with E-state index >= 15 is 0 Å². The minimum absolute atomic E-state index is 0.0467. The summed E-state index contributed by atoms with van der Waals surface area (Å²) in [4.78, 5) is 12.1. The van der Waals surface area contributed by atoms with Gasteiger partial charge in [0.05, 0.1) is 31.4 Å². The summed E-state index contributed by atoms with van der Waals surface area (Å²) in [5.41, 5.74) is 29.8. The van der Waals surface area contributed by atoms with Gasteiger partial charge in [0.1, 0.15) is 61.0 Å². The number of carbonyl (C=O) groups is 1. The van der Waals surface area contributed by atoms with Gasteiger partial charge >= 0.3 is 0 Å². The van der Waals surface area contributed by atoms with Gasteiger partial charge in [-0.15, -0.1) is 0 Å². The third-order valence-electron chi connectivity index (χ3n) is 8.14. The van der Waals surface area contributed by atoms with E-state index in [1.165, 1.54) is 0 Å². The molecule has 0 spiro atoms. The molecule has 0 aromatic heterocycles. The summed E-state index contributed by atoms with van der Waals surface area (Å²) in [7, 11) is 0. The fraction of sp³-hybridized carbons (Fsp3) is 0.957. The lowest BCUT2D eigenvalue weighted by atomic mass is 9.84. The van der Waals surface area contributed by atoms with Crippen molar-refractivity contribution in [1.82, 2.24) is 0 Å². The van der Waals surface area contributed by atoms with Gasteiger partial charge in [0.25, 0.3) is 0 Å². The molecule has 19 nitrogen and oxygen atoms in total. The highest BCUT2D eigenvalue weighted by molar-refractivity contribution is 5.88. The van der Waals surface area contributed by atoms with E-state index in [4.69, 9.17) is 57.1 Å². The van der Waals surface area contributed by atoms with Crippen molar-refractivity contribution in [1.29, 1.82) is 0 Å². The number of ketones is 1. The van der Waals surface area contributed by atoms with Gasteiger partial charge in [-0.25, -0.2) is 0 Å². The van der Waals surface area contributed by atoms with Crippen molar-refractivity contribution in [2.24, 2.45) is 28.7 Å². The van der Waals surface area contributed by atoms with Crippen molar-refractivity contribution in [2.45, 2.75) is 117 Å². The zero-order valence-corrected chi connectivity index (χ0v) is 22.6. The third-order valence-corrected chi connectivity index (χ3v) is 8.14. The highest BCUT2D eigenvalue weighted by atomic mass is 16.8. The SMILES string of the molecule is NC[C@@H]1O[C@H](O[C@H]2[C@@H](O)[C@H](O[C@@H]3[C@@H](O)[C@H](N)C[C@H](N)[C@H]3O[C@H]3O[C@H](CO)C(=O)[C@H](O)[C@H]3N)O[C@@H]2CO)[C@H](N)[C@@H](O)[C@@H]1O. The van der Waals surface area contributed by atoms with E-state index in [-0.39, 0.29) is 13.0 Å². The molecule has 244 valence electrons. The number of hydrogen-bond acceptors (Lipinski definition) is 19. The first-order chi connectivity index (χ1) is 19.8. The molecule has 1 aliphatic carbocycles. The quantitative estimate of drug-likeness (QED) is 0.115. The van der Waals surface area contributed by atoms with Crippen LogP contribution in [-0.2, 0) is 33.2 Å². The van der Waals surface area contributed by atoms with E-state index in [9.17, 15) is 40.5 Å². The van der Waals surface area contributed by atoms with Gasteiger partial charge in [-0.3, -0.25) is 4.79 Å². The van der Waals surface area contributed by atoms with Crippen molar-refractivity contribution in [3.63, 3.8) is 0 Å². The van der Waals surface area contributed by atoms with Crippen LogP contribution in [0.1, 0.15) is 6.42 Å². The van der Waals surface area contributed by atoms with E-state index < -0.39 is 129 Å². The maximum absolute atomic E-state index is 12.1. The predicted octanol–water partition coefficient (Wildman–Crippen LogP) is -8.65. The summed E-state index contributed by atoms with van der Waals surface area (Å²) < 4.78 is 34.2. The topological polar surface area (TPSA) is 344 Å². The Bertz CT molecular complexity index is 906. The van der Waals surface area contributed by atoms with Gasteiger partial charge in [-0.1, -0.05) is 0 Å². The first kappa shape index (κ1) is 33.8. The Morgan fingerprint density at radius 3 is 1.88 bits per heavy atom. The van der Waals surface area contributed by atoms with Gasteiger partial charge in [0.2, 0.25) is 0 Å². The Morgan fingerprint density at radius 2 is 1.26 bits per heavy atom. The molecule has 1 saturated carbocycles. The highest BCUT2D eigenvalue weighted by Gasteiger charge is 2.54. The van der Waals surface area contributed by atoms with Crippen LogP contribution < -0.4 is 28.7 Å². The lowest BCUT2D eigenvalue weighted by Crippen LogP contribution is -2.67. The molecule has 4 fully saturated rings. The second-order valence-electron chi connectivity index (χ2n) is 11.0. The molecule has 3 heterocycles. The predicted molar refractivity (Wildman–Crippen MR) is 135 cm³/mol. The van der Waals surface area contributed by atoms with E-state index in [1.54, 1.807) is 0 Å².